The van der Waals surface area contributed by atoms with Crippen molar-refractivity contribution in [2.75, 3.05) is 19.7 Å². The number of carbonyl (C=O) groups is 2. The molecule has 1 saturated heterocycles. The fourth-order valence-electron chi connectivity index (χ4n) is 2.32. The maximum Gasteiger partial charge on any atom is 0.310 e. The molecule has 2 rings (SSSR count). The van der Waals surface area contributed by atoms with Crippen molar-refractivity contribution in [3.05, 3.63) is 23.7 Å². The van der Waals surface area contributed by atoms with Gasteiger partial charge in [0.25, 0.3) is 5.91 Å². The molecule has 1 atom stereocenters. The summed E-state index contributed by atoms with van der Waals surface area (Å²) >= 11 is 0. The third-order valence-corrected chi connectivity index (χ3v) is 3.28. The lowest BCUT2D eigenvalue weighted by atomic mass is 9.98. The standard InChI is InChI=1S/C14H19NO4/c1-3-18-14(17)11-5-4-8-15(9-11)13(16)12-7-6-10(2)19-12/h6-7,11H,3-5,8-9H2,1-2H3/t11-/m0/s1. The first kappa shape index (κ1) is 13.6. The molecule has 0 saturated carbocycles. The van der Waals surface area contributed by atoms with Crippen LogP contribution in [0.2, 0.25) is 0 Å². The van der Waals surface area contributed by atoms with Gasteiger partial charge in [-0.25, -0.2) is 0 Å². The first-order valence-electron chi connectivity index (χ1n) is 6.64. The lowest BCUT2D eigenvalue weighted by molar-refractivity contribution is -0.149. The maximum atomic E-state index is 12.2. The number of hydrogen-bond acceptors (Lipinski definition) is 4. The minimum atomic E-state index is -0.214. The highest BCUT2D eigenvalue weighted by Gasteiger charge is 2.30. The molecule has 1 aromatic rings. The van der Waals surface area contributed by atoms with Crippen LogP contribution in [0.15, 0.2) is 16.5 Å². The Bertz CT molecular complexity index is 466. The van der Waals surface area contributed by atoms with Crippen LogP contribution < -0.4 is 0 Å². The van der Waals surface area contributed by atoms with Crippen molar-refractivity contribution in [1.82, 2.24) is 4.90 Å². The van der Waals surface area contributed by atoms with E-state index in [0.29, 0.717) is 31.2 Å². The predicted molar refractivity (Wildman–Crippen MR) is 68.7 cm³/mol. The Hall–Kier alpha value is -1.78. The Morgan fingerprint density at radius 1 is 1.47 bits per heavy atom. The number of nitrogens with zero attached hydrogens (tertiary/aromatic N) is 1. The molecule has 0 spiro atoms. The summed E-state index contributed by atoms with van der Waals surface area (Å²) in [4.78, 5) is 25.6. The van der Waals surface area contributed by atoms with Crippen molar-refractivity contribution < 1.29 is 18.7 Å². The highest BCUT2D eigenvalue weighted by molar-refractivity contribution is 5.92. The summed E-state index contributed by atoms with van der Waals surface area (Å²) in [6, 6.07) is 3.44. The average molecular weight is 265 g/mol. The van der Waals surface area contributed by atoms with Crippen molar-refractivity contribution in [2.45, 2.75) is 26.7 Å². The van der Waals surface area contributed by atoms with Crippen molar-refractivity contribution in [2.24, 2.45) is 5.92 Å². The Kier molecular flexibility index (Phi) is 4.24. The normalized spacial score (nSPS) is 19.3. The zero-order chi connectivity index (χ0) is 13.8. The molecule has 0 radical (unpaired) electrons. The van der Waals surface area contributed by atoms with Crippen molar-refractivity contribution in [1.29, 1.82) is 0 Å². The Morgan fingerprint density at radius 2 is 2.26 bits per heavy atom. The van der Waals surface area contributed by atoms with E-state index < -0.39 is 0 Å². The number of aryl methyl sites for hydroxylation is 1. The van der Waals surface area contributed by atoms with Crippen LogP contribution in [0.5, 0.6) is 0 Å². The van der Waals surface area contributed by atoms with Gasteiger partial charge in [0.05, 0.1) is 12.5 Å². The van der Waals surface area contributed by atoms with Gasteiger partial charge < -0.3 is 14.1 Å². The first-order valence-corrected chi connectivity index (χ1v) is 6.64. The predicted octanol–water partition coefficient (Wildman–Crippen LogP) is 2.00. The molecular weight excluding hydrogens is 246 g/mol. The number of ether oxygens (including phenoxy) is 1. The molecule has 0 N–H and O–H groups in total. The van der Waals surface area contributed by atoms with Gasteiger partial charge in [0, 0.05) is 13.1 Å². The molecule has 2 heterocycles. The minimum Gasteiger partial charge on any atom is -0.466 e. The van der Waals surface area contributed by atoms with Gasteiger partial charge in [-0.3, -0.25) is 9.59 Å². The van der Waals surface area contributed by atoms with Crippen LogP contribution in [0.25, 0.3) is 0 Å². The van der Waals surface area contributed by atoms with Crippen LogP contribution in [-0.4, -0.2) is 36.5 Å². The molecule has 1 aliphatic rings. The number of amides is 1. The largest absolute Gasteiger partial charge is 0.466 e. The Balaban J connectivity index is 2.01. The molecule has 0 bridgehead atoms. The summed E-state index contributed by atoms with van der Waals surface area (Å²) in [6.45, 7) is 5.04. The van der Waals surface area contributed by atoms with Gasteiger partial charge in [-0.1, -0.05) is 0 Å². The molecular formula is C14H19NO4. The summed E-state index contributed by atoms with van der Waals surface area (Å²) in [7, 11) is 0. The summed E-state index contributed by atoms with van der Waals surface area (Å²) in [5.74, 6) is 0.468. The molecule has 1 aliphatic heterocycles. The number of carbonyl (C=O) groups excluding carboxylic acids is 2. The Morgan fingerprint density at radius 3 is 2.89 bits per heavy atom. The van der Waals surface area contributed by atoms with Crippen LogP contribution >= 0.6 is 0 Å². The highest BCUT2D eigenvalue weighted by Crippen LogP contribution is 2.20. The second kappa shape index (κ2) is 5.91. The van der Waals surface area contributed by atoms with E-state index in [0.717, 1.165) is 12.8 Å². The first-order chi connectivity index (χ1) is 9.11. The SMILES string of the molecule is CCOC(=O)[C@H]1CCCN(C(=O)c2ccc(C)o2)C1. The summed E-state index contributed by atoms with van der Waals surface area (Å²) < 4.78 is 10.4. The van der Waals surface area contributed by atoms with Crippen molar-refractivity contribution >= 4 is 11.9 Å². The third-order valence-electron chi connectivity index (χ3n) is 3.28. The molecule has 1 amide bonds. The van der Waals surface area contributed by atoms with E-state index in [2.05, 4.69) is 0 Å². The lowest BCUT2D eigenvalue weighted by Crippen LogP contribution is -2.42. The molecule has 1 fully saturated rings. The molecule has 104 valence electrons. The van der Waals surface area contributed by atoms with E-state index in [1.165, 1.54) is 0 Å². The zero-order valence-corrected chi connectivity index (χ0v) is 11.3. The topological polar surface area (TPSA) is 59.8 Å². The smallest absolute Gasteiger partial charge is 0.310 e. The molecule has 0 unspecified atom stereocenters. The molecule has 5 heteroatoms. The van der Waals surface area contributed by atoms with Crippen LogP contribution in [-0.2, 0) is 9.53 Å². The van der Waals surface area contributed by atoms with Gasteiger partial charge in [0.2, 0.25) is 0 Å². The van der Waals surface area contributed by atoms with E-state index in [4.69, 9.17) is 9.15 Å². The van der Waals surface area contributed by atoms with Crippen LogP contribution in [0.3, 0.4) is 0 Å². The summed E-state index contributed by atoms with van der Waals surface area (Å²) in [5, 5.41) is 0. The lowest BCUT2D eigenvalue weighted by Gasteiger charge is -2.30. The zero-order valence-electron chi connectivity index (χ0n) is 11.3. The average Bonchev–Trinajstić information content (AvgIpc) is 2.85. The van der Waals surface area contributed by atoms with E-state index in [1.54, 1.807) is 30.9 Å². The van der Waals surface area contributed by atoms with Gasteiger partial charge in [-0.15, -0.1) is 0 Å². The van der Waals surface area contributed by atoms with Crippen molar-refractivity contribution in [3.8, 4) is 0 Å². The van der Waals surface area contributed by atoms with Gasteiger partial charge in [0.15, 0.2) is 5.76 Å². The molecule has 19 heavy (non-hydrogen) atoms. The van der Waals surface area contributed by atoms with Crippen LogP contribution in [0.1, 0.15) is 36.1 Å². The van der Waals surface area contributed by atoms with E-state index in [1.807, 2.05) is 0 Å². The molecule has 0 aromatic carbocycles. The monoisotopic (exact) mass is 265 g/mol. The number of esters is 1. The summed E-state index contributed by atoms with van der Waals surface area (Å²) in [5.41, 5.74) is 0. The highest BCUT2D eigenvalue weighted by atomic mass is 16.5. The fraction of sp³-hybridized carbons (Fsp3) is 0.571. The van der Waals surface area contributed by atoms with Crippen LogP contribution in [0, 0.1) is 12.8 Å². The summed E-state index contributed by atoms with van der Waals surface area (Å²) in [6.07, 6.45) is 1.59. The van der Waals surface area contributed by atoms with Gasteiger partial charge >= 0.3 is 5.97 Å². The van der Waals surface area contributed by atoms with Gasteiger partial charge in [-0.05, 0) is 38.8 Å². The Labute approximate surface area is 112 Å². The molecule has 5 nitrogen and oxygen atoms in total. The molecule has 1 aromatic heterocycles. The molecule has 0 aliphatic carbocycles. The van der Waals surface area contributed by atoms with Crippen molar-refractivity contribution in [3.63, 3.8) is 0 Å². The third kappa shape index (κ3) is 3.16. The number of likely N-dealkylation sites (tertiary alicyclic amines) is 1. The number of rotatable bonds is 3. The van der Waals surface area contributed by atoms with E-state index in [9.17, 15) is 9.59 Å². The van der Waals surface area contributed by atoms with E-state index >= 15 is 0 Å². The van der Waals surface area contributed by atoms with Gasteiger partial charge in [-0.2, -0.15) is 0 Å². The fourth-order valence-corrected chi connectivity index (χ4v) is 2.32. The second-order valence-electron chi connectivity index (χ2n) is 4.75. The number of furan rings is 1. The van der Waals surface area contributed by atoms with Crippen LogP contribution in [0.4, 0.5) is 0 Å². The second-order valence-corrected chi connectivity index (χ2v) is 4.75. The van der Waals surface area contributed by atoms with Gasteiger partial charge in [0.1, 0.15) is 5.76 Å². The number of piperidine rings is 1. The quantitative estimate of drug-likeness (QED) is 0.784. The maximum absolute atomic E-state index is 12.2. The number of hydrogen-bond donors (Lipinski definition) is 0. The van der Waals surface area contributed by atoms with E-state index in [-0.39, 0.29) is 17.8 Å². The minimum absolute atomic E-state index is 0.151.